The van der Waals surface area contributed by atoms with Crippen LogP contribution in [0.3, 0.4) is 0 Å². The summed E-state index contributed by atoms with van der Waals surface area (Å²) in [5.41, 5.74) is -0.641. The van der Waals surface area contributed by atoms with Crippen molar-refractivity contribution in [2.75, 3.05) is 35.5 Å². The third-order valence-electron chi connectivity index (χ3n) is 4.42. The van der Waals surface area contributed by atoms with E-state index in [2.05, 4.69) is 0 Å². The molecule has 3 aromatic rings. The lowest BCUT2D eigenvalue weighted by Gasteiger charge is -2.17. The maximum Gasteiger partial charge on any atom is 0.239 e. The summed E-state index contributed by atoms with van der Waals surface area (Å²) < 4.78 is 32.2. The molecule has 0 atom stereocenters. The topological polar surface area (TPSA) is 117 Å². The predicted octanol–water partition coefficient (Wildman–Crippen LogP) is 2.91. The minimum Gasteiger partial charge on any atom is -0.507 e. The van der Waals surface area contributed by atoms with Gasteiger partial charge in [0.15, 0.2) is 28.6 Å². The van der Waals surface area contributed by atoms with Crippen LogP contribution in [-0.4, -0.2) is 45.8 Å². The van der Waals surface area contributed by atoms with Gasteiger partial charge in [0.2, 0.25) is 22.7 Å². The normalized spacial score (nSPS) is 10.7. The Labute approximate surface area is 165 Å². The molecule has 1 aromatic heterocycles. The van der Waals surface area contributed by atoms with Crippen LogP contribution in [0.25, 0.3) is 22.3 Å². The molecule has 9 nitrogen and oxygen atoms in total. The number of hydrogen-bond donors (Lipinski definition) is 2. The molecule has 0 saturated carbocycles. The third kappa shape index (κ3) is 3.00. The van der Waals surface area contributed by atoms with Crippen molar-refractivity contribution in [1.82, 2.24) is 0 Å². The molecule has 9 heteroatoms. The second-order valence-electron chi connectivity index (χ2n) is 5.83. The minimum absolute atomic E-state index is 0.0363. The fraction of sp³-hybridized carbons (Fsp3) is 0.250. The van der Waals surface area contributed by atoms with Gasteiger partial charge < -0.3 is 38.3 Å². The molecule has 29 heavy (non-hydrogen) atoms. The van der Waals surface area contributed by atoms with Crippen molar-refractivity contribution in [3.05, 3.63) is 28.4 Å². The fourth-order valence-corrected chi connectivity index (χ4v) is 3.09. The first-order valence-electron chi connectivity index (χ1n) is 8.36. The third-order valence-corrected chi connectivity index (χ3v) is 4.42. The van der Waals surface area contributed by atoms with Crippen LogP contribution in [0.4, 0.5) is 0 Å². The van der Waals surface area contributed by atoms with E-state index in [1.807, 2.05) is 0 Å². The lowest BCUT2D eigenvalue weighted by Crippen LogP contribution is -2.09. The van der Waals surface area contributed by atoms with E-state index in [4.69, 9.17) is 28.1 Å². The number of phenols is 2. The monoisotopic (exact) mass is 404 g/mol. The maximum absolute atomic E-state index is 13.0. The minimum atomic E-state index is -0.684. The molecule has 3 rings (SSSR count). The summed E-state index contributed by atoms with van der Waals surface area (Å²) in [6.45, 7) is 0. The Morgan fingerprint density at radius 2 is 1.41 bits per heavy atom. The summed E-state index contributed by atoms with van der Waals surface area (Å²) in [7, 11) is 6.92. The Hall–Kier alpha value is -3.75. The van der Waals surface area contributed by atoms with E-state index >= 15 is 0 Å². The molecule has 0 aliphatic carbocycles. The van der Waals surface area contributed by atoms with E-state index in [0.29, 0.717) is 11.3 Å². The SMILES string of the molecule is COc1ccc(-c2oc3c(O)c(OC)cc(O)c3c(=O)c2OC)c(OC)c1OC. The molecule has 154 valence electrons. The zero-order chi connectivity index (χ0) is 21.3. The van der Waals surface area contributed by atoms with E-state index in [0.717, 1.165) is 6.07 Å². The Balaban J connectivity index is 2.48. The fourth-order valence-electron chi connectivity index (χ4n) is 3.09. The van der Waals surface area contributed by atoms with Crippen LogP contribution >= 0.6 is 0 Å². The van der Waals surface area contributed by atoms with Gasteiger partial charge in [0, 0.05) is 6.07 Å². The van der Waals surface area contributed by atoms with Gasteiger partial charge in [-0.1, -0.05) is 0 Å². The van der Waals surface area contributed by atoms with Gasteiger partial charge in [-0.25, -0.2) is 0 Å². The molecule has 0 radical (unpaired) electrons. The molecule has 0 unspecified atom stereocenters. The Kier molecular flexibility index (Phi) is 5.31. The second-order valence-corrected chi connectivity index (χ2v) is 5.83. The molecule has 0 saturated heterocycles. The molecular weight excluding hydrogens is 384 g/mol. The number of hydrogen-bond acceptors (Lipinski definition) is 9. The van der Waals surface area contributed by atoms with Crippen LogP contribution in [0.15, 0.2) is 27.4 Å². The van der Waals surface area contributed by atoms with Crippen molar-refractivity contribution in [3.8, 4) is 51.6 Å². The lowest BCUT2D eigenvalue weighted by atomic mass is 10.1. The van der Waals surface area contributed by atoms with Crippen molar-refractivity contribution in [1.29, 1.82) is 0 Å². The quantitative estimate of drug-likeness (QED) is 0.598. The first-order valence-corrected chi connectivity index (χ1v) is 8.36. The molecule has 0 spiro atoms. The van der Waals surface area contributed by atoms with Gasteiger partial charge in [0.1, 0.15) is 11.1 Å². The van der Waals surface area contributed by atoms with Crippen LogP contribution in [0.2, 0.25) is 0 Å². The number of phenolic OH excluding ortho intramolecular Hbond substituents is 2. The highest BCUT2D eigenvalue weighted by molar-refractivity contribution is 5.93. The molecule has 0 aliphatic rings. The smallest absolute Gasteiger partial charge is 0.239 e. The highest BCUT2D eigenvalue weighted by atomic mass is 16.5. The average Bonchev–Trinajstić information content (AvgIpc) is 2.74. The van der Waals surface area contributed by atoms with E-state index in [1.165, 1.54) is 35.5 Å². The van der Waals surface area contributed by atoms with E-state index < -0.39 is 16.9 Å². The van der Waals surface area contributed by atoms with Crippen molar-refractivity contribution in [2.45, 2.75) is 0 Å². The Bertz CT molecular complexity index is 1130. The molecule has 0 fully saturated rings. The summed E-state index contributed by atoms with van der Waals surface area (Å²) in [6.07, 6.45) is 0. The summed E-state index contributed by atoms with van der Waals surface area (Å²) in [6, 6.07) is 4.30. The number of rotatable bonds is 6. The van der Waals surface area contributed by atoms with Crippen LogP contribution in [0, 0.1) is 0 Å². The van der Waals surface area contributed by atoms with E-state index in [9.17, 15) is 15.0 Å². The van der Waals surface area contributed by atoms with Gasteiger partial charge in [-0.05, 0) is 12.1 Å². The summed E-state index contributed by atoms with van der Waals surface area (Å²) in [4.78, 5) is 13.0. The van der Waals surface area contributed by atoms with E-state index in [-0.39, 0.29) is 39.7 Å². The van der Waals surface area contributed by atoms with Crippen LogP contribution in [0.5, 0.6) is 40.2 Å². The number of fused-ring (bicyclic) bond motifs is 1. The molecule has 1 heterocycles. The highest BCUT2D eigenvalue weighted by Crippen LogP contribution is 2.48. The van der Waals surface area contributed by atoms with Gasteiger partial charge in [0.25, 0.3) is 0 Å². The molecule has 0 amide bonds. The number of methoxy groups -OCH3 is 5. The Morgan fingerprint density at radius 1 is 0.793 bits per heavy atom. The van der Waals surface area contributed by atoms with Gasteiger partial charge in [-0.2, -0.15) is 0 Å². The van der Waals surface area contributed by atoms with Crippen molar-refractivity contribution in [2.24, 2.45) is 0 Å². The van der Waals surface area contributed by atoms with Crippen molar-refractivity contribution in [3.63, 3.8) is 0 Å². The summed E-state index contributed by atoms with van der Waals surface area (Å²) in [5.74, 6) is -0.262. The van der Waals surface area contributed by atoms with Gasteiger partial charge in [0.05, 0.1) is 41.1 Å². The van der Waals surface area contributed by atoms with Gasteiger partial charge in [-0.3, -0.25) is 4.79 Å². The maximum atomic E-state index is 13.0. The van der Waals surface area contributed by atoms with Crippen LogP contribution < -0.4 is 29.1 Å². The van der Waals surface area contributed by atoms with Crippen molar-refractivity contribution >= 4 is 11.0 Å². The zero-order valence-electron chi connectivity index (χ0n) is 16.5. The zero-order valence-corrected chi connectivity index (χ0v) is 16.5. The molecule has 0 aliphatic heterocycles. The average molecular weight is 404 g/mol. The molecule has 2 N–H and O–H groups in total. The molecule has 2 aromatic carbocycles. The van der Waals surface area contributed by atoms with Crippen LogP contribution in [0.1, 0.15) is 0 Å². The number of ether oxygens (including phenoxy) is 5. The first-order chi connectivity index (χ1) is 13.9. The number of benzene rings is 2. The summed E-state index contributed by atoms with van der Waals surface area (Å²) >= 11 is 0. The van der Waals surface area contributed by atoms with Gasteiger partial charge >= 0.3 is 0 Å². The second kappa shape index (κ2) is 7.70. The van der Waals surface area contributed by atoms with Gasteiger partial charge in [-0.15, -0.1) is 0 Å². The highest BCUT2D eigenvalue weighted by Gasteiger charge is 2.27. The molecule has 0 bridgehead atoms. The molecular formula is C20H20O9. The number of aromatic hydroxyl groups is 2. The van der Waals surface area contributed by atoms with E-state index in [1.54, 1.807) is 12.1 Å². The lowest BCUT2D eigenvalue weighted by molar-refractivity contribution is 0.324. The largest absolute Gasteiger partial charge is 0.507 e. The summed E-state index contributed by atoms with van der Waals surface area (Å²) in [5, 5.41) is 20.5. The van der Waals surface area contributed by atoms with Crippen LogP contribution in [-0.2, 0) is 0 Å². The van der Waals surface area contributed by atoms with Crippen molar-refractivity contribution < 1.29 is 38.3 Å². The predicted molar refractivity (Wildman–Crippen MR) is 104 cm³/mol. The standard InChI is InChI=1S/C20H20O9/c1-24-11-7-6-9(16(26-3)18(11)27-4)17-20(28-5)15(23)13-10(21)8-12(25-2)14(22)19(13)29-17/h6-8,21-22H,1-5H3. The first kappa shape index (κ1) is 20.0. The Morgan fingerprint density at radius 3 is 1.97 bits per heavy atom.